The van der Waals surface area contributed by atoms with E-state index in [9.17, 15) is 0 Å². The van der Waals surface area contributed by atoms with Crippen LogP contribution in [0.25, 0.3) is 11.3 Å². The van der Waals surface area contributed by atoms with Crippen molar-refractivity contribution in [2.75, 3.05) is 49.0 Å². The van der Waals surface area contributed by atoms with Crippen molar-refractivity contribution in [2.24, 2.45) is 0 Å². The SMILES string of the molecule is CCCCCc1ccc(SNc2cccc(-c3csc(N4CCN(CCO)CC4)n3)c2)cc1. The number of nitrogens with one attached hydrogen (secondary N) is 1. The van der Waals surface area contributed by atoms with Crippen molar-refractivity contribution in [3.8, 4) is 11.3 Å². The number of benzene rings is 2. The number of aromatic nitrogens is 1. The summed E-state index contributed by atoms with van der Waals surface area (Å²) in [4.78, 5) is 10.8. The second-order valence-corrected chi connectivity index (χ2v) is 10.2. The molecule has 0 radical (unpaired) electrons. The maximum absolute atomic E-state index is 9.13. The molecule has 0 atom stereocenters. The minimum Gasteiger partial charge on any atom is -0.395 e. The highest BCUT2D eigenvalue weighted by Crippen LogP contribution is 2.30. The summed E-state index contributed by atoms with van der Waals surface area (Å²) in [5, 5.41) is 12.4. The van der Waals surface area contributed by atoms with Crippen LogP contribution in [0.5, 0.6) is 0 Å². The van der Waals surface area contributed by atoms with E-state index >= 15 is 0 Å². The zero-order valence-corrected chi connectivity index (χ0v) is 21.0. The van der Waals surface area contributed by atoms with Gasteiger partial charge in [0.05, 0.1) is 12.3 Å². The number of hydrogen-bond acceptors (Lipinski definition) is 7. The number of thiazole rings is 1. The summed E-state index contributed by atoms with van der Waals surface area (Å²) in [5.74, 6) is 0. The summed E-state index contributed by atoms with van der Waals surface area (Å²) in [7, 11) is 0. The molecule has 0 bridgehead atoms. The lowest BCUT2D eigenvalue weighted by molar-refractivity contribution is 0.189. The topological polar surface area (TPSA) is 51.6 Å². The smallest absolute Gasteiger partial charge is 0.185 e. The lowest BCUT2D eigenvalue weighted by Gasteiger charge is -2.34. The number of aryl methyl sites for hydroxylation is 1. The van der Waals surface area contributed by atoms with E-state index in [1.54, 1.807) is 23.3 Å². The van der Waals surface area contributed by atoms with Gasteiger partial charge >= 0.3 is 0 Å². The van der Waals surface area contributed by atoms with E-state index in [2.05, 4.69) is 75.4 Å². The van der Waals surface area contributed by atoms with Crippen LogP contribution in [0.1, 0.15) is 31.7 Å². The van der Waals surface area contributed by atoms with Crippen LogP contribution in [-0.2, 0) is 6.42 Å². The summed E-state index contributed by atoms with van der Waals surface area (Å²) in [6, 6.07) is 17.4. The number of anilines is 2. The molecule has 3 aromatic rings. The van der Waals surface area contributed by atoms with Gasteiger partial charge in [0, 0.05) is 54.3 Å². The fourth-order valence-corrected chi connectivity index (χ4v) is 5.53. The first-order valence-electron chi connectivity index (χ1n) is 11.9. The van der Waals surface area contributed by atoms with E-state index in [1.165, 1.54) is 36.1 Å². The molecule has 2 N–H and O–H groups in total. The Labute approximate surface area is 206 Å². The molecule has 0 saturated carbocycles. The molecule has 0 unspecified atom stereocenters. The number of rotatable bonds is 11. The molecule has 4 rings (SSSR count). The molecule has 1 aliphatic heterocycles. The van der Waals surface area contributed by atoms with E-state index in [1.807, 2.05) is 0 Å². The third kappa shape index (κ3) is 6.96. The molecule has 2 aromatic carbocycles. The number of hydrogen-bond donors (Lipinski definition) is 2. The van der Waals surface area contributed by atoms with Crippen molar-refractivity contribution < 1.29 is 5.11 Å². The minimum absolute atomic E-state index is 0.231. The van der Waals surface area contributed by atoms with Gasteiger partial charge in [0.15, 0.2) is 5.13 Å². The van der Waals surface area contributed by atoms with Crippen molar-refractivity contribution in [3.63, 3.8) is 0 Å². The molecule has 0 spiro atoms. The average molecular weight is 483 g/mol. The summed E-state index contributed by atoms with van der Waals surface area (Å²) >= 11 is 3.36. The van der Waals surface area contributed by atoms with Gasteiger partial charge in [-0.2, -0.15) is 0 Å². The molecule has 1 aromatic heterocycles. The van der Waals surface area contributed by atoms with Gasteiger partial charge in [-0.05, 0) is 54.6 Å². The van der Waals surface area contributed by atoms with E-state index in [-0.39, 0.29) is 6.61 Å². The molecule has 33 heavy (non-hydrogen) atoms. The highest BCUT2D eigenvalue weighted by molar-refractivity contribution is 8.00. The molecule has 1 fully saturated rings. The fraction of sp³-hybridized carbons (Fsp3) is 0.423. The van der Waals surface area contributed by atoms with E-state index in [0.29, 0.717) is 0 Å². The molecule has 7 heteroatoms. The van der Waals surface area contributed by atoms with Gasteiger partial charge in [-0.1, -0.05) is 44.0 Å². The Kier molecular flexibility index (Phi) is 9.06. The van der Waals surface area contributed by atoms with Gasteiger partial charge in [-0.25, -0.2) is 4.98 Å². The van der Waals surface area contributed by atoms with E-state index < -0.39 is 0 Å². The Morgan fingerprint density at radius 1 is 1.06 bits per heavy atom. The summed E-state index contributed by atoms with van der Waals surface area (Å²) in [5.41, 5.74) is 4.66. The fourth-order valence-electron chi connectivity index (χ4n) is 4.01. The van der Waals surface area contributed by atoms with Gasteiger partial charge in [-0.3, -0.25) is 4.90 Å². The second-order valence-electron chi connectivity index (χ2n) is 8.45. The zero-order chi connectivity index (χ0) is 22.9. The largest absolute Gasteiger partial charge is 0.395 e. The maximum atomic E-state index is 9.13. The second kappa shape index (κ2) is 12.4. The normalized spacial score (nSPS) is 14.5. The van der Waals surface area contributed by atoms with E-state index in [4.69, 9.17) is 10.1 Å². The molecular weight excluding hydrogens is 448 g/mol. The molecule has 176 valence electrons. The molecule has 0 amide bonds. The molecule has 1 saturated heterocycles. The molecule has 0 aliphatic carbocycles. The van der Waals surface area contributed by atoms with Crippen molar-refractivity contribution in [3.05, 3.63) is 59.5 Å². The van der Waals surface area contributed by atoms with Crippen LogP contribution in [-0.4, -0.2) is 54.3 Å². The van der Waals surface area contributed by atoms with Gasteiger partial charge in [0.1, 0.15) is 0 Å². The maximum Gasteiger partial charge on any atom is 0.185 e. The Hall–Kier alpha value is -2.06. The first-order valence-corrected chi connectivity index (χ1v) is 13.6. The van der Waals surface area contributed by atoms with Gasteiger partial charge < -0.3 is 14.7 Å². The van der Waals surface area contributed by atoms with Gasteiger partial charge in [-0.15, -0.1) is 11.3 Å². The van der Waals surface area contributed by atoms with Crippen LogP contribution in [0, 0.1) is 0 Å². The van der Waals surface area contributed by atoms with Crippen molar-refractivity contribution in [2.45, 2.75) is 37.5 Å². The summed E-state index contributed by atoms with van der Waals surface area (Å²) in [6.45, 7) is 7.12. The average Bonchev–Trinajstić information content (AvgIpc) is 3.35. The number of piperazine rings is 1. The highest BCUT2D eigenvalue weighted by atomic mass is 32.2. The predicted octanol–water partition coefficient (Wildman–Crippen LogP) is 5.78. The molecular formula is C26H34N4OS2. The van der Waals surface area contributed by atoms with Crippen LogP contribution in [0.4, 0.5) is 10.8 Å². The first-order chi connectivity index (χ1) is 16.2. The number of aliphatic hydroxyl groups is 1. The van der Waals surface area contributed by atoms with Crippen LogP contribution >= 0.6 is 23.3 Å². The zero-order valence-electron chi connectivity index (χ0n) is 19.4. The third-order valence-corrected chi connectivity index (χ3v) is 7.74. The monoisotopic (exact) mass is 482 g/mol. The standard InChI is InChI=1S/C26H34N4OS2/c1-2-3-4-6-21-9-11-24(12-10-21)33-28-23-8-5-7-22(19-23)25-20-32-26(27-25)30-15-13-29(14-16-30)17-18-31/h5,7-12,19-20,28,31H,2-4,6,13-18H2,1H3. The van der Waals surface area contributed by atoms with Crippen LogP contribution in [0.3, 0.4) is 0 Å². The minimum atomic E-state index is 0.231. The van der Waals surface area contributed by atoms with Crippen LogP contribution < -0.4 is 9.62 Å². The van der Waals surface area contributed by atoms with Crippen LogP contribution in [0.2, 0.25) is 0 Å². The molecule has 5 nitrogen and oxygen atoms in total. The Morgan fingerprint density at radius 2 is 1.88 bits per heavy atom. The number of unbranched alkanes of at least 4 members (excludes halogenated alkanes) is 2. The van der Waals surface area contributed by atoms with E-state index in [0.717, 1.165) is 54.8 Å². The Balaban J connectivity index is 1.32. The summed E-state index contributed by atoms with van der Waals surface area (Å²) < 4.78 is 3.49. The number of aliphatic hydroxyl groups excluding tert-OH is 1. The predicted molar refractivity (Wildman–Crippen MR) is 142 cm³/mol. The highest BCUT2D eigenvalue weighted by Gasteiger charge is 2.19. The van der Waals surface area contributed by atoms with Crippen LogP contribution in [0.15, 0.2) is 58.8 Å². The lowest BCUT2D eigenvalue weighted by Crippen LogP contribution is -2.47. The first kappa shape index (κ1) is 24.1. The third-order valence-electron chi connectivity index (χ3n) is 5.99. The van der Waals surface area contributed by atoms with Crippen molar-refractivity contribution in [1.29, 1.82) is 0 Å². The summed E-state index contributed by atoms with van der Waals surface area (Å²) in [6.07, 6.45) is 5.01. The van der Waals surface area contributed by atoms with Gasteiger partial charge in [0.25, 0.3) is 0 Å². The quantitative estimate of drug-likeness (QED) is 0.267. The number of nitrogens with zero attached hydrogens (tertiary/aromatic N) is 3. The van der Waals surface area contributed by atoms with Crippen molar-refractivity contribution >= 4 is 34.1 Å². The number of β-amino-alcohol motifs (C(OH)–C–C–N with tert-alkyl or cyclic N) is 1. The molecule has 1 aliphatic rings. The van der Waals surface area contributed by atoms with Gasteiger partial charge in [0.2, 0.25) is 0 Å². The van der Waals surface area contributed by atoms with Crippen molar-refractivity contribution in [1.82, 2.24) is 9.88 Å². The Morgan fingerprint density at radius 3 is 2.64 bits per heavy atom. The molecule has 2 heterocycles. The Bertz CT molecular complexity index is 984. The lowest BCUT2D eigenvalue weighted by atomic mass is 10.1.